The molecule has 1 unspecified atom stereocenters. The minimum atomic E-state index is -0.525. The molecule has 3 N–H and O–H groups in total. The molecular formula is C15H17F2N3. The van der Waals surface area contributed by atoms with Gasteiger partial charge in [0.1, 0.15) is 17.5 Å². The molecule has 0 radical (unpaired) electrons. The van der Waals surface area contributed by atoms with Crippen LogP contribution in [0.5, 0.6) is 0 Å². The summed E-state index contributed by atoms with van der Waals surface area (Å²) in [7, 11) is 0. The summed E-state index contributed by atoms with van der Waals surface area (Å²) in [6.07, 6.45) is 1.64. The Morgan fingerprint density at radius 3 is 2.70 bits per heavy atom. The molecule has 2 rings (SSSR count). The summed E-state index contributed by atoms with van der Waals surface area (Å²) in [6.45, 7) is 4.36. The molecule has 2 aromatic rings. The van der Waals surface area contributed by atoms with Crippen LogP contribution in [0, 0.1) is 18.6 Å². The zero-order valence-electron chi connectivity index (χ0n) is 11.5. The van der Waals surface area contributed by atoms with Gasteiger partial charge in [-0.2, -0.15) is 0 Å². The number of hydrogen-bond donors (Lipinski definition) is 2. The molecule has 1 aromatic heterocycles. The number of nitrogens with two attached hydrogens (primary N) is 1. The molecule has 0 aliphatic carbocycles. The van der Waals surface area contributed by atoms with Crippen LogP contribution in [0.25, 0.3) is 0 Å². The zero-order valence-corrected chi connectivity index (χ0v) is 11.5. The maximum absolute atomic E-state index is 14.0. The highest BCUT2D eigenvalue weighted by molar-refractivity contribution is 5.47. The molecule has 0 spiro atoms. The minimum Gasteiger partial charge on any atom is -0.383 e. The number of aryl methyl sites for hydroxylation is 1. The van der Waals surface area contributed by atoms with E-state index in [9.17, 15) is 8.78 Å². The van der Waals surface area contributed by atoms with Crippen LogP contribution in [0.15, 0.2) is 30.5 Å². The monoisotopic (exact) mass is 277 g/mol. The van der Waals surface area contributed by atoms with Crippen molar-refractivity contribution >= 4 is 5.82 Å². The van der Waals surface area contributed by atoms with Gasteiger partial charge in [0.2, 0.25) is 0 Å². The number of nitrogens with one attached hydrogen (secondary N) is 1. The Kier molecular flexibility index (Phi) is 4.29. The van der Waals surface area contributed by atoms with Gasteiger partial charge in [0.25, 0.3) is 0 Å². The number of aromatic nitrogens is 1. The van der Waals surface area contributed by atoms with Gasteiger partial charge in [0, 0.05) is 17.3 Å². The first-order chi connectivity index (χ1) is 9.52. The number of rotatable bonds is 4. The molecule has 0 aliphatic rings. The summed E-state index contributed by atoms with van der Waals surface area (Å²) in [5.74, 6) is -0.646. The Balaban J connectivity index is 2.55. The first-order valence-electron chi connectivity index (χ1n) is 6.43. The van der Waals surface area contributed by atoms with Crippen molar-refractivity contribution < 1.29 is 8.78 Å². The lowest BCUT2D eigenvalue weighted by atomic mass is 9.97. The Bertz CT molecular complexity index is 563. The average molecular weight is 277 g/mol. The fraction of sp³-hybridized carbons (Fsp3) is 0.267. The van der Waals surface area contributed by atoms with Crippen molar-refractivity contribution in [2.75, 3.05) is 12.3 Å². The third kappa shape index (κ3) is 2.93. The zero-order chi connectivity index (χ0) is 14.7. The van der Waals surface area contributed by atoms with E-state index >= 15 is 0 Å². The summed E-state index contributed by atoms with van der Waals surface area (Å²) in [4.78, 5) is 4.08. The fourth-order valence-electron chi connectivity index (χ4n) is 2.16. The molecule has 0 saturated carbocycles. The highest BCUT2D eigenvalue weighted by Gasteiger charge is 2.20. The van der Waals surface area contributed by atoms with Crippen LogP contribution in [0.1, 0.15) is 29.7 Å². The van der Waals surface area contributed by atoms with Gasteiger partial charge in [-0.05, 0) is 43.3 Å². The van der Waals surface area contributed by atoms with Crippen LogP contribution in [-0.2, 0) is 0 Å². The number of benzene rings is 1. The topological polar surface area (TPSA) is 50.9 Å². The van der Waals surface area contributed by atoms with Gasteiger partial charge in [0.05, 0.1) is 6.04 Å². The molecule has 20 heavy (non-hydrogen) atoms. The molecule has 0 bridgehead atoms. The van der Waals surface area contributed by atoms with Crippen molar-refractivity contribution in [1.82, 2.24) is 10.3 Å². The number of anilines is 1. The van der Waals surface area contributed by atoms with E-state index in [2.05, 4.69) is 10.3 Å². The van der Waals surface area contributed by atoms with Gasteiger partial charge >= 0.3 is 0 Å². The predicted molar refractivity (Wildman–Crippen MR) is 75.3 cm³/mol. The number of pyridine rings is 1. The van der Waals surface area contributed by atoms with E-state index in [4.69, 9.17) is 5.73 Å². The number of nitrogen functional groups attached to an aromatic ring is 1. The Labute approximate surface area is 116 Å². The van der Waals surface area contributed by atoms with E-state index in [-0.39, 0.29) is 5.56 Å². The normalized spacial score (nSPS) is 12.4. The largest absolute Gasteiger partial charge is 0.383 e. The van der Waals surface area contributed by atoms with E-state index in [0.717, 1.165) is 17.7 Å². The van der Waals surface area contributed by atoms with Crippen molar-refractivity contribution in [3.63, 3.8) is 0 Å². The molecule has 5 heteroatoms. The average Bonchev–Trinajstić information content (AvgIpc) is 2.42. The third-order valence-corrected chi connectivity index (χ3v) is 3.07. The lowest BCUT2D eigenvalue weighted by Gasteiger charge is -2.21. The second kappa shape index (κ2) is 5.96. The van der Waals surface area contributed by atoms with Crippen LogP contribution in [0.3, 0.4) is 0 Å². The lowest BCUT2D eigenvalue weighted by molar-refractivity contribution is 0.545. The van der Waals surface area contributed by atoms with Crippen LogP contribution in [0.2, 0.25) is 0 Å². The van der Waals surface area contributed by atoms with E-state index in [0.29, 0.717) is 17.9 Å². The van der Waals surface area contributed by atoms with Gasteiger partial charge < -0.3 is 11.1 Å². The quantitative estimate of drug-likeness (QED) is 0.903. The van der Waals surface area contributed by atoms with Gasteiger partial charge in [-0.1, -0.05) is 6.92 Å². The second-order valence-corrected chi connectivity index (χ2v) is 4.64. The number of nitrogens with zero attached hydrogens (tertiary/aromatic N) is 1. The first kappa shape index (κ1) is 14.4. The van der Waals surface area contributed by atoms with E-state index < -0.39 is 17.7 Å². The summed E-state index contributed by atoms with van der Waals surface area (Å²) >= 11 is 0. The summed E-state index contributed by atoms with van der Waals surface area (Å²) < 4.78 is 27.4. The van der Waals surface area contributed by atoms with Gasteiger partial charge in [-0.25, -0.2) is 13.8 Å². The van der Waals surface area contributed by atoms with Gasteiger partial charge in [-0.3, -0.25) is 0 Å². The van der Waals surface area contributed by atoms with Crippen LogP contribution in [-0.4, -0.2) is 11.5 Å². The van der Waals surface area contributed by atoms with E-state index in [1.807, 2.05) is 19.9 Å². The Hall–Kier alpha value is -2.01. The summed E-state index contributed by atoms with van der Waals surface area (Å²) in [5, 5.41) is 3.12. The van der Waals surface area contributed by atoms with Crippen LogP contribution in [0.4, 0.5) is 14.6 Å². The van der Waals surface area contributed by atoms with Crippen molar-refractivity contribution in [3.05, 3.63) is 58.8 Å². The van der Waals surface area contributed by atoms with E-state index in [1.54, 1.807) is 6.20 Å². The molecular weight excluding hydrogens is 260 g/mol. The van der Waals surface area contributed by atoms with Crippen molar-refractivity contribution in [1.29, 1.82) is 0 Å². The van der Waals surface area contributed by atoms with Crippen LogP contribution < -0.4 is 11.1 Å². The molecule has 106 valence electrons. The highest BCUT2D eigenvalue weighted by atomic mass is 19.1. The number of halogens is 2. The maximum Gasteiger partial charge on any atom is 0.128 e. The smallest absolute Gasteiger partial charge is 0.128 e. The minimum absolute atomic E-state index is 0.228. The molecule has 0 fully saturated rings. The third-order valence-electron chi connectivity index (χ3n) is 3.07. The fourth-order valence-corrected chi connectivity index (χ4v) is 2.16. The first-order valence-corrected chi connectivity index (χ1v) is 6.43. The lowest BCUT2D eigenvalue weighted by Crippen LogP contribution is -2.24. The molecule has 0 aliphatic heterocycles. The van der Waals surface area contributed by atoms with Crippen molar-refractivity contribution in [2.24, 2.45) is 0 Å². The molecule has 1 heterocycles. The van der Waals surface area contributed by atoms with Crippen LogP contribution >= 0.6 is 0 Å². The van der Waals surface area contributed by atoms with Crippen molar-refractivity contribution in [2.45, 2.75) is 19.9 Å². The molecule has 0 amide bonds. The maximum atomic E-state index is 14.0. The van der Waals surface area contributed by atoms with E-state index in [1.165, 1.54) is 6.07 Å². The predicted octanol–water partition coefficient (Wildman–Crippen LogP) is 2.95. The molecule has 0 saturated heterocycles. The Morgan fingerprint density at radius 2 is 2.00 bits per heavy atom. The molecule has 1 atom stereocenters. The standard InChI is InChI=1S/C15H17F2N3/c1-3-19-14(11-7-10(16)4-5-13(11)17)12-6-9(2)8-20-15(12)18/h4-8,14,19H,3H2,1-2H3,(H2,18,20). The number of hydrogen-bond acceptors (Lipinski definition) is 3. The highest BCUT2D eigenvalue weighted by Crippen LogP contribution is 2.28. The SMILES string of the molecule is CCNC(c1cc(F)ccc1F)c1cc(C)cnc1N. The van der Waals surface area contributed by atoms with Crippen molar-refractivity contribution in [3.8, 4) is 0 Å². The Morgan fingerprint density at radius 1 is 1.25 bits per heavy atom. The molecule has 3 nitrogen and oxygen atoms in total. The van der Waals surface area contributed by atoms with Gasteiger partial charge in [0.15, 0.2) is 0 Å². The second-order valence-electron chi connectivity index (χ2n) is 4.64. The summed E-state index contributed by atoms with van der Waals surface area (Å²) in [5.41, 5.74) is 7.67. The van der Waals surface area contributed by atoms with Gasteiger partial charge in [-0.15, -0.1) is 0 Å². The summed E-state index contributed by atoms with van der Waals surface area (Å²) in [6, 6.07) is 4.71. The molecule has 1 aromatic carbocycles.